The molecule has 1 N–H and O–H groups in total. The van der Waals surface area contributed by atoms with Crippen LogP contribution in [-0.4, -0.2) is 19.5 Å². The minimum absolute atomic E-state index is 0.116. The normalized spacial score (nSPS) is 14.7. The predicted molar refractivity (Wildman–Crippen MR) is 105 cm³/mol. The predicted octanol–water partition coefficient (Wildman–Crippen LogP) is 4.63. The molecule has 0 spiro atoms. The summed E-state index contributed by atoms with van der Waals surface area (Å²) in [6.07, 6.45) is 6.58. The first kappa shape index (κ1) is 17.5. The number of aromatic nitrogens is 4. The van der Waals surface area contributed by atoms with Crippen molar-refractivity contribution in [3.63, 3.8) is 0 Å². The fraction of sp³-hybridized carbons (Fsp3) is 0.250. The summed E-state index contributed by atoms with van der Waals surface area (Å²) in [6.45, 7) is 0.318. The molecule has 1 saturated carbocycles. The van der Waals surface area contributed by atoms with Crippen LogP contribution in [0.2, 0.25) is 0 Å². The standard InChI is InChI=1S/C20H15BrF2N4O/c21-15-18-20(25-7-6-24-18)27(19(15)10-2-1-3-10)9-11-8-14(28)26-17-12(11)4-5-13(22)16(17)23/h4-8,10H,1-3,9H2,(H,26,28). The van der Waals surface area contributed by atoms with Crippen molar-refractivity contribution >= 4 is 38.0 Å². The molecule has 3 aromatic heterocycles. The largest absolute Gasteiger partial charge is 0.322 e. The molecule has 0 aliphatic heterocycles. The Kier molecular flexibility index (Phi) is 4.04. The first-order valence-corrected chi connectivity index (χ1v) is 9.82. The van der Waals surface area contributed by atoms with E-state index in [1.54, 1.807) is 12.4 Å². The van der Waals surface area contributed by atoms with Crippen LogP contribution in [0.1, 0.15) is 36.4 Å². The lowest BCUT2D eigenvalue weighted by Gasteiger charge is -2.27. The van der Waals surface area contributed by atoms with Gasteiger partial charge < -0.3 is 9.55 Å². The molecule has 0 bridgehead atoms. The Morgan fingerprint density at radius 1 is 1.21 bits per heavy atom. The third kappa shape index (κ3) is 2.58. The number of hydrogen-bond acceptors (Lipinski definition) is 3. The summed E-state index contributed by atoms with van der Waals surface area (Å²) >= 11 is 3.68. The maximum Gasteiger partial charge on any atom is 0.248 e. The van der Waals surface area contributed by atoms with E-state index in [9.17, 15) is 13.6 Å². The zero-order chi connectivity index (χ0) is 19.4. The van der Waals surface area contributed by atoms with Crippen molar-refractivity contribution in [1.82, 2.24) is 19.5 Å². The highest BCUT2D eigenvalue weighted by atomic mass is 79.9. The molecule has 5 nitrogen and oxygen atoms in total. The van der Waals surface area contributed by atoms with E-state index in [0.29, 0.717) is 29.1 Å². The van der Waals surface area contributed by atoms with E-state index in [0.717, 1.165) is 41.0 Å². The van der Waals surface area contributed by atoms with Crippen LogP contribution in [0, 0.1) is 11.6 Å². The van der Waals surface area contributed by atoms with Crippen LogP contribution in [0.5, 0.6) is 0 Å². The average Bonchev–Trinajstić information content (AvgIpc) is 2.90. The molecule has 5 rings (SSSR count). The maximum atomic E-state index is 14.2. The molecule has 4 aromatic rings. The summed E-state index contributed by atoms with van der Waals surface area (Å²) in [5.41, 5.74) is 2.56. The number of H-pyrrole nitrogens is 1. The number of aromatic amines is 1. The van der Waals surface area contributed by atoms with Gasteiger partial charge in [0.1, 0.15) is 5.52 Å². The Bertz CT molecular complexity index is 1290. The van der Waals surface area contributed by atoms with Gasteiger partial charge in [-0.25, -0.2) is 13.8 Å². The van der Waals surface area contributed by atoms with Crippen molar-refractivity contribution in [2.75, 3.05) is 0 Å². The fourth-order valence-corrected chi connectivity index (χ4v) is 4.73. The van der Waals surface area contributed by atoms with E-state index in [4.69, 9.17) is 0 Å². The fourth-order valence-electron chi connectivity index (χ4n) is 3.92. The van der Waals surface area contributed by atoms with E-state index in [-0.39, 0.29) is 5.52 Å². The summed E-state index contributed by atoms with van der Waals surface area (Å²) < 4.78 is 30.8. The quantitative estimate of drug-likeness (QED) is 0.500. The third-order valence-electron chi connectivity index (χ3n) is 5.47. The van der Waals surface area contributed by atoms with Gasteiger partial charge in [-0.15, -0.1) is 0 Å². The first-order valence-electron chi connectivity index (χ1n) is 9.03. The lowest BCUT2D eigenvalue weighted by atomic mass is 9.83. The molecule has 8 heteroatoms. The molecule has 142 valence electrons. The van der Waals surface area contributed by atoms with Crippen LogP contribution < -0.4 is 5.56 Å². The Hall–Kier alpha value is -2.61. The molecule has 1 aliphatic rings. The van der Waals surface area contributed by atoms with Crippen LogP contribution in [-0.2, 0) is 6.54 Å². The first-order chi connectivity index (χ1) is 13.5. The van der Waals surface area contributed by atoms with Gasteiger partial charge in [-0.2, -0.15) is 0 Å². The molecule has 0 atom stereocenters. The minimum Gasteiger partial charge on any atom is -0.322 e. The molecular weight excluding hydrogens is 430 g/mol. The topological polar surface area (TPSA) is 63.6 Å². The van der Waals surface area contributed by atoms with Gasteiger partial charge in [0.2, 0.25) is 5.56 Å². The molecule has 1 aliphatic carbocycles. The lowest BCUT2D eigenvalue weighted by Crippen LogP contribution is -2.17. The number of pyridine rings is 1. The molecule has 0 unspecified atom stereocenters. The molecule has 1 fully saturated rings. The van der Waals surface area contributed by atoms with E-state index < -0.39 is 17.2 Å². The molecule has 3 heterocycles. The van der Waals surface area contributed by atoms with Gasteiger partial charge in [-0.1, -0.05) is 6.42 Å². The smallest absolute Gasteiger partial charge is 0.248 e. The van der Waals surface area contributed by atoms with Gasteiger partial charge in [0.05, 0.1) is 16.5 Å². The van der Waals surface area contributed by atoms with Crippen molar-refractivity contribution in [2.24, 2.45) is 0 Å². The highest BCUT2D eigenvalue weighted by Crippen LogP contribution is 2.43. The van der Waals surface area contributed by atoms with Gasteiger partial charge >= 0.3 is 0 Å². The Morgan fingerprint density at radius 2 is 2.00 bits per heavy atom. The maximum absolute atomic E-state index is 14.2. The number of benzene rings is 1. The minimum atomic E-state index is -1.05. The van der Waals surface area contributed by atoms with E-state index >= 15 is 0 Å². The molecule has 0 radical (unpaired) electrons. The van der Waals surface area contributed by atoms with Crippen LogP contribution >= 0.6 is 15.9 Å². The second-order valence-electron chi connectivity index (χ2n) is 7.08. The molecule has 0 amide bonds. The van der Waals surface area contributed by atoms with Gasteiger partial charge in [0, 0.05) is 35.5 Å². The van der Waals surface area contributed by atoms with Crippen LogP contribution in [0.3, 0.4) is 0 Å². The summed E-state index contributed by atoms with van der Waals surface area (Å²) in [5.74, 6) is -1.66. The van der Waals surface area contributed by atoms with E-state index in [1.165, 1.54) is 12.1 Å². The second-order valence-corrected chi connectivity index (χ2v) is 7.88. The third-order valence-corrected chi connectivity index (χ3v) is 6.25. The summed E-state index contributed by atoms with van der Waals surface area (Å²) in [7, 11) is 0. The van der Waals surface area contributed by atoms with Crippen molar-refractivity contribution < 1.29 is 8.78 Å². The number of hydrogen-bond donors (Lipinski definition) is 1. The monoisotopic (exact) mass is 444 g/mol. The molecule has 28 heavy (non-hydrogen) atoms. The van der Waals surface area contributed by atoms with Crippen molar-refractivity contribution in [1.29, 1.82) is 0 Å². The summed E-state index contributed by atoms with van der Waals surface area (Å²) in [5, 5.41) is 0.472. The van der Waals surface area contributed by atoms with Gasteiger partial charge in [-0.05, 0) is 46.5 Å². The lowest BCUT2D eigenvalue weighted by molar-refractivity contribution is 0.399. The number of nitrogens with one attached hydrogen (secondary N) is 1. The van der Waals surface area contributed by atoms with Gasteiger partial charge in [0.15, 0.2) is 17.3 Å². The number of nitrogens with zero attached hydrogens (tertiary/aromatic N) is 3. The Balaban J connectivity index is 1.75. The summed E-state index contributed by atoms with van der Waals surface area (Å²) in [6, 6.07) is 4.00. The number of fused-ring (bicyclic) bond motifs is 2. The van der Waals surface area contributed by atoms with E-state index in [1.807, 2.05) is 4.57 Å². The second kappa shape index (κ2) is 6.48. The number of halogens is 3. The van der Waals surface area contributed by atoms with Crippen LogP contribution in [0.4, 0.5) is 8.78 Å². The average molecular weight is 445 g/mol. The zero-order valence-electron chi connectivity index (χ0n) is 14.7. The van der Waals surface area contributed by atoms with Crippen LogP contribution in [0.15, 0.2) is 39.9 Å². The molecular formula is C20H15BrF2N4O. The Morgan fingerprint density at radius 3 is 2.75 bits per heavy atom. The van der Waals surface area contributed by atoms with Crippen molar-refractivity contribution in [3.8, 4) is 0 Å². The van der Waals surface area contributed by atoms with Gasteiger partial charge in [-0.3, -0.25) is 9.78 Å². The Labute approximate surface area is 166 Å². The molecule has 1 aromatic carbocycles. The van der Waals surface area contributed by atoms with Crippen LogP contribution in [0.25, 0.3) is 22.1 Å². The van der Waals surface area contributed by atoms with Gasteiger partial charge in [0.25, 0.3) is 0 Å². The molecule has 0 saturated heterocycles. The zero-order valence-corrected chi connectivity index (χ0v) is 16.3. The SMILES string of the molecule is O=c1cc(Cn2c(C3CCC3)c(Br)c3nccnc32)c2ccc(F)c(F)c2[nH]1. The van der Waals surface area contributed by atoms with Crippen molar-refractivity contribution in [3.05, 3.63) is 68.3 Å². The van der Waals surface area contributed by atoms with Crippen molar-refractivity contribution in [2.45, 2.75) is 31.7 Å². The summed E-state index contributed by atoms with van der Waals surface area (Å²) in [4.78, 5) is 23.5. The highest BCUT2D eigenvalue weighted by molar-refractivity contribution is 9.10. The number of rotatable bonds is 3. The highest BCUT2D eigenvalue weighted by Gasteiger charge is 2.29. The van der Waals surface area contributed by atoms with E-state index in [2.05, 4.69) is 30.9 Å².